The summed E-state index contributed by atoms with van der Waals surface area (Å²) in [6, 6.07) is 0.560. The summed E-state index contributed by atoms with van der Waals surface area (Å²) < 4.78 is 0. The summed E-state index contributed by atoms with van der Waals surface area (Å²) >= 11 is 0. The van der Waals surface area contributed by atoms with Gasteiger partial charge < -0.3 is 10.4 Å². The molecule has 0 aromatic rings. The van der Waals surface area contributed by atoms with Crippen LogP contribution in [0.1, 0.15) is 72.6 Å². The van der Waals surface area contributed by atoms with Gasteiger partial charge in [0.25, 0.3) is 0 Å². The summed E-state index contributed by atoms with van der Waals surface area (Å²) in [7, 11) is 2.11. The van der Waals surface area contributed by atoms with Crippen molar-refractivity contribution in [1.29, 1.82) is 0 Å². The smallest absolute Gasteiger partial charge is 0.159 e. The summed E-state index contributed by atoms with van der Waals surface area (Å²) in [5, 5.41) is 15.3. The van der Waals surface area contributed by atoms with E-state index >= 15 is 0 Å². The maximum Gasteiger partial charge on any atom is 0.159 e. The van der Waals surface area contributed by atoms with Crippen molar-refractivity contribution in [2.45, 2.75) is 84.3 Å². The largest absolute Gasteiger partial charge is 0.385 e. The highest BCUT2D eigenvalue weighted by Gasteiger charge is 2.80. The average molecular weight is 384 g/mol. The van der Waals surface area contributed by atoms with Gasteiger partial charge in [-0.25, -0.2) is 0 Å². The number of allylic oxidation sites excluding steroid dienone is 3. The van der Waals surface area contributed by atoms with Gasteiger partial charge in [-0.3, -0.25) is 4.79 Å². The van der Waals surface area contributed by atoms with Crippen LogP contribution in [0.5, 0.6) is 0 Å². The minimum atomic E-state index is -0.833. The summed E-state index contributed by atoms with van der Waals surface area (Å²) in [6.45, 7) is 9.12. The number of carbonyl (C=O) groups is 1. The zero-order valence-corrected chi connectivity index (χ0v) is 18.3. The lowest BCUT2D eigenvalue weighted by Crippen LogP contribution is -2.62. The first kappa shape index (κ1) is 19.1. The summed E-state index contributed by atoms with van der Waals surface area (Å²) in [5.41, 5.74) is 0.558. The number of hydrogen-bond acceptors (Lipinski definition) is 3. The van der Waals surface area contributed by atoms with Crippen molar-refractivity contribution < 1.29 is 9.90 Å². The molecule has 28 heavy (non-hydrogen) atoms. The van der Waals surface area contributed by atoms with Crippen molar-refractivity contribution in [3.63, 3.8) is 0 Å². The van der Waals surface area contributed by atoms with E-state index in [0.29, 0.717) is 35.1 Å². The van der Waals surface area contributed by atoms with E-state index < -0.39 is 5.60 Å². The number of hydrogen-bond donors (Lipinski definition) is 2. The molecule has 154 valence electrons. The van der Waals surface area contributed by atoms with Crippen molar-refractivity contribution in [3.05, 3.63) is 23.8 Å². The minimum absolute atomic E-state index is 0.240. The second-order valence-electron chi connectivity index (χ2n) is 11.5. The predicted octanol–water partition coefficient (Wildman–Crippen LogP) is 4.41. The predicted molar refractivity (Wildman–Crippen MR) is 112 cm³/mol. The number of ketones is 1. The van der Waals surface area contributed by atoms with Crippen molar-refractivity contribution >= 4 is 5.78 Å². The van der Waals surface area contributed by atoms with Crippen LogP contribution in [0.25, 0.3) is 0 Å². The van der Waals surface area contributed by atoms with Crippen LogP contribution in [-0.2, 0) is 4.79 Å². The molecule has 2 N–H and O–H groups in total. The van der Waals surface area contributed by atoms with Crippen LogP contribution < -0.4 is 5.32 Å². The van der Waals surface area contributed by atoms with Gasteiger partial charge in [-0.2, -0.15) is 0 Å². The molecule has 3 fully saturated rings. The van der Waals surface area contributed by atoms with Crippen LogP contribution in [0.3, 0.4) is 0 Å². The third-order valence-corrected chi connectivity index (χ3v) is 10.4. The van der Waals surface area contributed by atoms with Crippen LogP contribution in [0.2, 0.25) is 0 Å². The molecule has 0 aliphatic heterocycles. The number of carbonyl (C=O) groups excluding carboxylic acids is 1. The fourth-order valence-electron chi connectivity index (χ4n) is 8.81. The molecule has 3 saturated carbocycles. The first-order chi connectivity index (χ1) is 13.1. The highest BCUT2D eigenvalue weighted by molar-refractivity contribution is 5.97. The van der Waals surface area contributed by atoms with Gasteiger partial charge in [0.2, 0.25) is 0 Å². The molecule has 3 heteroatoms. The highest BCUT2D eigenvalue weighted by Crippen LogP contribution is 2.85. The Hall–Kier alpha value is -0.930. The Labute approximate surface area is 170 Å². The van der Waals surface area contributed by atoms with E-state index in [1.165, 1.54) is 19.3 Å². The van der Waals surface area contributed by atoms with Crippen LogP contribution in [0.15, 0.2) is 23.8 Å². The van der Waals surface area contributed by atoms with E-state index in [9.17, 15) is 9.90 Å². The number of rotatable bonds is 2. The quantitative estimate of drug-likeness (QED) is 0.694. The lowest BCUT2D eigenvalue weighted by Gasteiger charge is -2.61. The Morgan fingerprint density at radius 3 is 2.46 bits per heavy atom. The second-order valence-corrected chi connectivity index (χ2v) is 11.5. The molecule has 7 atom stereocenters. The van der Waals surface area contributed by atoms with Gasteiger partial charge in [-0.15, -0.1) is 0 Å². The third kappa shape index (κ3) is 1.92. The maximum absolute atomic E-state index is 12.9. The lowest BCUT2D eigenvalue weighted by atomic mass is 9.44. The summed E-state index contributed by atoms with van der Waals surface area (Å²) in [4.78, 5) is 12.9. The van der Waals surface area contributed by atoms with E-state index in [-0.39, 0.29) is 16.6 Å². The van der Waals surface area contributed by atoms with E-state index in [1.54, 1.807) is 0 Å². The van der Waals surface area contributed by atoms with E-state index in [4.69, 9.17) is 0 Å². The Kier molecular flexibility index (Phi) is 3.68. The molecule has 0 saturated heterocycles. The molecule has 0 heterocycles. The average Bonchev–Trinajstić information content (AvgIpc) is 3.30. The molecule has 0 unspecified atom stereocenters. The van der Waals surface area contributed by atoms with Gasteiger partial charge in [-0.1, -0.05) is 39.8 Å². The number of nitrogens with one attached hydrogen (secondary N) is 1. The molecule has 0 aromatic heterocycles. The normalized spacial score (nSPS) is 53.4. The molecule has 5 aliphatic carbocycles. The molecule has 0 amide bonds. The van der Waals surface area contributed by atoms with Gasteiger partial charge in [0, 0.05) is 17.9 Å². The first-order valence-electron chi connectivity index (χ1n) is 11.4. The van der Waals surface area contributed by atoms with Gasteiger partial charge in [0.1, 0.15) is 0 Å². The third-order valence-electron chi connectivity index (χ3n) is 10.4. The van der Waals surface area contributed by atoms with Crippen molar-refractivity contribution in [1.82, 2.24) is 5.32 Å². The first-order valence-corrected chi connectivity index (χ1v) is 11.4. The lowest BCUT2D eigenvalue weighted by molar-refractivity contribution is -0.155. The number of aliphatic hydroxyl groups is 1. The van der Waals surface area contributed by atoms with Crippen molar-refractivity contribution in [2.24, 2.45) is 33.5 Å². The van der Waals surface area contributed by atoms with Crippen molar-refractivity contribution in [2.75, 3.05) is 7.05 Å². The van der Waals surface area contributed by atoms with E-state index in [1.807, 2.05) is 13.0 Å². The zero-order valence-electron chi connectivity index (χ0n) is 18.3. The maximum atomic E-state index is 12.9. The Morgan fingerprint density at radius 2 is 1.79 bits per heavy atom. The molecule has 5 rings (SSSR count). The summed E-state index contributed by atoms with van der Waals surface area (Å²) in [6.07, 6.45) is 13.9. The fourth-order valence-corrected chi connectivity index (χ4v) is 8.81. The van der Waals surface area contributed by atoms with Crippen molar-refractivity contribution in [3.8, 4) is 0 Å². The molecular formula is C25H37NO2. The van der Waals surface area contributed by atoms with Gasteiger partial charge >= 0.3 is 0 Å². The Morgan fingerprint density at radius 1 is 1.11 bits per heavy atom. The molecule has 5 aliphatic rings. The second kappa shape index (κ2) is 5.40. The molecule has 0 aromatic carbocycles. The van der Waals surface area contributed by atoms with Crippen LogP contribution in [0, 0.1) is 33.5 Å². The molecule has 3 nitrogen and oxygen atoms in total. The van der Waals surface area contributed by atoms with Gasteiger partial charge in [-0.05, 0) is 85.3 Å². The topological polar surface area (TPSA) is 49.3 Å². The van der Waals surface area contributed by atoms with Crippen LogP contribution >= 0.6 is 0 Å². The van der Waals surface area contributed by atoms with Crippen LogP contribution in [0.4, 0.5) is 0 Å². The summed E-state index contributed by atoms with van der Waals surface area (Å²) in [5.74, 6) is 1.17. The Bertz CT molecular complexity index is 796. The molecule has 0 bridgehead atoms. The Balaban J connectivity index is 1.60. The highest BCUT2D eigenvalue weighted by atomic mass is 16.3. The fraction of sp³-hybridized carbons (Fsp3) is 0.800. The minimum Gasteiger partial charge on any atom is -0.385 e. The molecule has 2 spiro atoms. The van der Waals surface area contributed by atoms with E-state index in [2.05, 4.69) is 45.3 Å². The number of Topliss-reactive ketones (excluding diaryl/α,β-unsaturated/α-hetero) is 1. The van der Waals surface area contributed by atoms with E-state index in [0.717, 1.165) is 24.8 Å². The number of fused-ring (bicyclic) bond motifs is 2. The SMILES string of the molecule is CCC1=C[C@@]2(O)CC[C@@]34C[C@]35CC[C@H](NC)C(C)(C)[C@@H]5C=C[C@H]4[C@]2(C)CC1=O. The zero-order chi connectivity index (χ0) is 20.2. The molecular weight excluding hydrogens is 346 g/mol. The molecule has 0 radical (unpaired) electrons. The van der Waals surface area contributed by atoms with Crippen LogP contribution in [-0.4, -0.2) is 29.6 Å². The van der Waals surface area contributed by atoms with Gasteiger partial charge in [0.15, 0.2) is 5.78 Å². The van der Waals surface area contributed by atoms with Gasteiger partial charge in [0.05, 0.1) is 5.60 Å². The monoisotopic (exact) mass is 383 g/mol. The standard InChI is InChI=1S/C25H37NO2/c1-6-16-13-25(28)12-11-24-15-23(24)10-9-20(26-5)21(2,3)18(23)7-8-19(24)22(25,4)14-17(16)27/h7-8,13,18-20,26,28H,6,9-12,14-15H2,1-5H3/t18-,19-,20-,22-,23-,24-,25-/m0/s1.